The van der Waals surface area contributed by atoms with Crippen LogP contribution in [-0.2, 0) is 4.74 Å². The van der Waals surface area contributed by atoms with E-state index in [9.17, 15) is 4.39 Å². The minimum Gasteiger partial charge on any atom is -0.378 e. The molecule has 26 heavy (non-hydrogen) atoms. The van der Waals surface area contributed by atoms with Gasteiger partial charge in [-0.1, -0.05) is 0 Å². The summed E-state index contributed by atoms with van der Waals surface area (Å²) in [6.07, 6.45) is 4.21. The summed E-state index contributed by atoms with van der Waals surface area (Å²) in [4.78, 5) is 10.4. The third-order valence-corrected chi connectivity index (χ3v) is 4.14. The van der Waals surface area contributed by atoms with E-state index in [0.717, 1.165) is 49.4 Å². The molecule has 0 bridgehead atoms. The number of nitrogens with one attached hydrogen (secondary N) is 1. The molecular weight excluding hydrogens is 335 g/mol. The molecule has 1 saturated heterocycles. The zero-order chi connectivity index (χ0) is 17.9. The fourth-order valence-electron chi connectivity index (χ4n) is 2.94. The molecule has 0 atom stereocenters. The first-order chi connectivity index (χ1) is 12.7. The summed E-state index contributed by atoms with van der Waals surface area (Å²) in [6.45, 7) is 5.29. The van der Waals surface area contributed by atoms with Crippen molar-refractivity contribution in [3.8, 4) is 5.69 Å². The number of aromatic nitrogens is 4. The smallest absolute Gasteiger partial charge is 0.246 e. The molecule has 4 rings (SSSR count). The Morgan fingerprint density at radius 3 is 2.73 bits per heavy atom. The summed E-state index contributed by atoms with van der Waals surface area (Å²) in [7, 11) is 0. The van der Waals surface area contributed by atoms with Crippen LogP contribution < -0.4 is 10.2 Å². The fourth-order valence-corrected chi connectivity index (χ4v) is 2.94. The lowest BCUT2D eigenvalue weighted by atomic mass is 10.1. The van der Waals surface area contributed by atoms with Gasteiger partial charge < -0.3 is 15.0 Å². The maximum Gasteiger partial charge on any atom is 0.246 e. The highest BCUT2D eigenvalue weighted by molar-refractivity contribution is 5.64. The summed E-state index contributed by atoms with van der Waals surface area (Å²) in [6, 6.07) is 7.62. The number of aryl methyl sites for hydroxylation is 1. The number of nitrogens with zero attached hydrogens (tertiary/aromatic N) is 5. The molecule has 3 heterocycles. The van der Waals surface area contributed by atoms with Gasteiger partial charge in [-0.25, -0.2) is 9.07 Å². The number of morpholine rings is 1. The second-order valence-corrected chi connectivity index (χ2v) is 6.16. The SMILES string of the molecule is Cc1cc(Nc2ncn(-c3cncc(F)c3)n2)cc(N2CCOCC2)c1. The molecule has 0 saturated carbocycles. The number of hydrogen-bond donors (Lipinski definition) is 1. The Bertz CT molecular complexity index is 906. The molecule has 1 aromatic carbocycles. The Balaban J connectivity index is 1.55. The highest BCUT2D eigenvalue weighted by Crippen LogP contribution is 2.25. The Morgan fingerprint density at radius 1 is 1.08 bits per heavy atom. The minimum absolute atomic E-state index is 0.415. The molecule has 2 aromatic heterocycles. The van der Waals surface area contributed by atoms with Crippen LogP contribution in [0.2, 0.25) is 0 Å². The number of pyridine rings is 1. The van der Waals surface area contributed by atoms with Crippen LogP contribution in [0.5, 0.6) is 0 Å². The molecule has 0 aliphatic carbocycles. The summed E-state index contributed by atoms with van der Waals surface area (Å²) >= 11 is 0. The molecule has 0 unspecified atom stereocenters. The van der Waals surface area contributed by atoms with Crippen molar-refractivity contribution in [1.82, 2.24) is 19.7 Å². The predicted octanol–water partition coefficient (Wildman–Crippen LogP) is 2.69. The summed E-state index contributed by atoms with van der Waals surface area (Å²) in [5.41, 5.74) is 3.71. The molecule has 1 N–H and O–H groups in total. The Hall–Kier alpha value is -3.00. The summed E-state index contributed by atoms with van der Waals surface area (Å²) < 4.78 is 20.2. The molecule has 1 aliphatic rings. The van der Waals surface area contributed by atoms with Crippen molar-refractivity contribution in [3.63, 3.8) is 0 Å². The molecule has 0 amide bonds. The van der Waals surface area contributed by atoms with Gasteiger partial charge in [-0.05, 0) is 30.7 Å². The van der Waals surface area contributed by atoms with E-state index >= 15 is 0 Å². The number of halogens is 1. The van der Waals surface area contributed by atoms with Gasteiger partial charge in [-0.2, -0.15) is 4.98 Å². The Labute approximate surface area is 150 Å². The van der Waals surface area contributed by atoms with E-state index in [2.05, 4.69) is 44.3 Å². The van der Waals surface area contributed by atoms with Gasteiger partial charge in [0, 0.05) is 30.5 Å². The molecule has 134 valence electrons. The van der Waals surface area contributed by atoms with E-state index in [0.29, 0.717) is 11.6 Å². The lowest BCUT2D eigenvalue weighted by Gasteiger charge is -2.29. The Morgan fingerprint density at radius 2 is 1.92 bits per heavy atom. The first kappa shape index (κ1) is 16.5. The van der Waals surface area contributed by atoms with Crippen molar-refractivity contribution >= 4 is 17.3 Å². The van der Waals surface area contributed by atoms with Gasteiger partial charge in [0.25, 0.3) is 0 Å². The first-order valence-corrected chi connectivity index (χ1v) is 8.41. The van der Waals surface area contributed by atoms with Gasteiger partial charge in [0.15, 0.2) is 0 Å². The van der Waals surface area contributed by atoms with Gasteiger partial charge in [-0.15, -0.1) is 5.10 Å². The van der Waals surface area contributed by atoms with Crippen molar-refractivity contribution in [2.24, 2.45) is 0 Å². The van der Waals surface area contributed by atoms with Gasteiger partial charge in [-0.3, -0.25) is 4.98 Å². The largest absolute Gasteiger partial charge is 0.378 e. The van der Waals surface area contributed by atoms with Crippen LogP contribution in [0.25, 0.3) is 5.69 Å². The van der Waals surface area contributed by atoms with Crippen molar-refractivity contribution < 1.29 is 9.13 Å². The number of ether oxygens (including phenoxy) is 1. The van der Waals surface area contributed by atoms with Crippen LogP contribution in [0.1, 0.15) is 5.56 Å². The third-order valence-electron chi connectivity index (χ3n) is 4.14. The predicted molar refractivity (Wildman–Crippen MR) is 96.6 cm³/mol. The topological polar surface area (TPSA) is 68.1 Å². The average Bonchev–Trinajstić information content (AvgIpc) is 3.10. The molecule has 1 aliphatic heterocycles. The van der Waals surface area contributed by atoms with Crippen LogP contribution in [0.15, 0.2) is 43.0 Å². The summed E-state index contributed by atoms with van der Waals surface area (Å²) in [5.74, 6) is 0.0223. The van der Waals surface area contributed by atoms with Crippen LogP contribution in [0.4, 0.5) is 21.7 Å². The standard InChI is InChI=1S/C18H19FN6O/c1-13-6-15(9-16(7-13)24-2-4-26-5-3-24)22-18-21-12-25(23-18)17-8-14(19)10-20-11-17/h6-12H,2-5H2,1H3,(H,22,23). The second-order valence-electron chi connectivity index (χ2n) is 6.16. The fraction of sp³-hybridized carbons (Fsp3) is 0.278. The molecule has 0 radical (unpaired) electrons. The van der Waals surface area contributed by atoms with Crippen LogP contribution in [-0.4, -0.2) is 46.1 Å². The van der Waals surface area contributed by atoms with Gasteiger partial charge in [0.1, 0.15) is 12.1 Å². The van der Waals surface area contributed by atoms with E-state index in [1.54, 1.807) is 0 Å². The zero-order valence-electron chi connectivity index (χ0n) is 14.4. The quantitative estimate of drug-likeness (QED) is 0.777. The van der Waals surface area contributed by atoms with Crippen molar-refractivity contribution in [2.45, 2.75) is 6.92 Å². The van der Waals surface area contributed by atoms with E-state index in [4.69, 9.17) is 4.74 Å². The highest BCUT2D eigenvalue weighted by Gasteiger charge is 2.13. The average molecular weight is 354 g/mol. The molecule has 8 heteroatoms. The van der Waals surface area contributed by atoms with E-state index in [-0.39, 0.29) is 0 Å². The van der Waals surface area contributed by atoms with E-state index in [1.165, 1.54) is 23.3 Å². The van der Waals surface area contributed by atoms with Crippen molar-refractivity contribution in [2.75, 3.05) is 36.5 Å². The Kier molecular flexibility index (Phi) is 4.49. The summed E-state index contributed by atoms with van der Waals surface area (Å²) in [5, 5.41) is 7.56. The number of benzene rings is 1. The third kappa shape index (κ3) is 3.65. The number of hydrogen-bond acceptors (Lipinski definition) is 6. The van der Waals surface area contributed by atoms with Crippen LogP contribution in [0.3, 0.4) is 0 Å². The monoisotopic (exact) mass is 354 g/mol. The van der Waals surface area contributed by atoms with Crippen molar-refractivity contribution in [1.29, 1.82) is 0 Å². The van der Waals surface area contributed by atoms with Crippen LogP contribution >= 0.6 is 0 Å². The lowest BCUT2D eigenvalue weighted by Crippen LogP contribution is -2.36. The lowest BCUT2D eigenvalue weighted by molar-refractivity contribution is 0.122. The van der Waals surface area contributed by atoms with E-state index in [1.807, 2.05) is 6.07 Å². The van der Waals surface area contributed by atoms with Crippen molar-refractivity contribution in [3.05, 3.63) is 54.4 Å². The molecular formula is C18H19FN6O. The second kappa shape index (κ2) is 7.09. The van der Waals surface area contributed by atoms with Gasteiger partial charge in [0.05, 0.1) is 31.3 Å². The zero-order valence-corrected chi connectivity index (χ0v) is 14.4. The van der Waals surface area contributed by atoms with Gasteiger partial charge >= 0.3 is 0 Å². The van der Waals surface area contributed by atoms with E-state index < -0.39 is 5.82 Å². The van der Waals surface area contributed by atoms with Gasteiger partial charge in [0.2, 0.25) is 5.95 Å². The maximum atomic E-state index is 13.3. The highest BCUT2D eigenvalue weighted by atomic mass is 19.1. The molecule has 0 spiro atoms. The number of anilines is 3. The molecule has 3 aromatic rings. The first-order valence-electron chi connectivity index (χ1n) is 8.41. The molecule has 7 nitrogen and oxygen atoms in total. The minimum atomic E-state index is -0.415. The maximum absolute atomic E-state index is 13.3. The normalized spacial score (nSPS) is 14.5. The molecule has 1 fully saturated rings. The number of rotatable bonds is 4. The van der Waals surface area contributed by atoms with Crippen LogP contribution in [0, 0.1) is 12.7 Å².